The van der Waals surface area contributed by atoms with E-state index in [-0.39, 0.29) is 24.4 Å². The fourth-order valence-corrected chi connectivity index (χ4v) is 4.60. The number of hydrogen-bond acceptors (Lipinski definition) is 9. The van der Waals surface area contributed by atoms with Crippen LogP contribution in [0.5, 0.6) is 17.4 Å². The molecule has 0 radical (unpaired) electrons. The Bertz CT molecular complexity index is 1470. The van der Waals surface area contributed by atoms with Gasteiger partial charge in [-0.15, -0.1) is 0 Å². The number of aromatic hydroxyl groups is 1. The molecule has 0 unspecified atom stereocenters. The molecule has 0 saturated carbocycles. The number of fused-ring (bicyclic) bond motifs is 2. The number of nitrogens with zero attached hydrogens (tertiary/aromatic N) is 4. The average molecular weight is 530 g/mol. The van der Waals surface area contributed by atoms with Gasteiger partial charge in [-0.05, 0) is 31.2 Å². The number of methoxy groups -OCH3 is 1. The second-order valence-corrected chi connectivity index (χ2v) is 9.36. The highest BCUT2D eigenvalue weighted by Crippen LogP contribution is 2.33. The minimum Gasteiger partial charge on any atom is -0.494 e. The van der Waals surface area contributed by atoms with Crippen LogP contribution in [-0.2, 0) is 11.2 Å². The molecule has 1 aliphatic heterocycles. The second kappa shape index (κ2) is 11.8. The molecule has 1 amide bonds. The number of ether oxygens (including phenoxy) is 2. The largest absolute Gasteiger partial charge is 0.494 e. The van der Waals surface area contributed by atoms with Gasteiger partial charge in [0.1, 0.15) is 17.8 Å². The first-order chi connectivity index (χ1) is 19.0. The lowest BCUT2D eigenvalue weighted by Crippen LogP contribution is -2.46. The van der Waals surface area contributed by atoms with E-state index < -0.39 is 0 Å². The summed E-state index contributed by atoms with van der Waals surface area (Å²) in [6.07, 6.45) is 3.66. The van der Waals surface area contributed by atoms with Gasteiger partial charge >= 0.3 is 0 Å². The van der Waals surface area contributed by atoms with E-state index in [2.05, 4.69) is 47.6 Å². The molecule has 5 rings (SSSR count). The third kappa shape index (κ3) is 6.27. The Morgan fingerprint density at radius 2 is 2.03 bits per heavy atom. The molecule has 4 aromatic rings. The van der Waals surface area contributed by atoms with E-state index in [4.69, 9.17) is 9.47 Å². The molecule has 1 atom stereocenters. The van der Waals surface area contributed by atoms with Crippen LogP contribution in [0.2, 0.25) is 0 Å². The van der Waals surface area contributed by atoms with E-state index in [1.807, 2.05) is 25.2 Å². The average Bonchev–Trinajstić information content (AvgIpc) is 3.26. The van der Waals surface area contributed by atoms with Crippen molar-refractivity contribution in [2.75, 3.05) is 45.7 Å². The molecule has 0 spiro atoms. The minimum atomic E-state index is -0.232. The number of carbonyl (C=O) groups excluding carboxylic acids is 1. The van der Waals surface area contributed by atoms with Crippen LogP contribution in [-0.4, -0.2) is 83.5 Å². The van der Waals surface area contributed by atoms with E-state index in [1.54, 1.807) is 24.4 Å². The summed E-state index contributed by atoms with van der Waals surface area (Å²) in [6.45, 7) is 1.72. The van der Waals surface area contributed by atoms with Gasteiger partial charge in [0.25, 0.3) is 5.91 Å². The molecule has 2 aromatic carbocycles. The highest BCUT2D eigenvalue weighted by molar-refractivity contribution is 6.06. The van der Waals surface area contributed by atoms with Crippen LogP contribution in [0.1, 0.15) is 11.1 Å². The molecule has 4 N–H and O–H groups in total. The Morgan fingerprint density at radius 3 is 2.85 bits per heavy atom. The van der Waals surface area contributed by atoms with Crippen LogP contribution in [0.3, 0.4) is 0 Å². The highest BCUT2D eigenvalue weighted by Gasteiger charge is 2.19. The molecule has 39 heavy (non-hydrogen) atoms. The van der Waals surface area contributed by atoms with Gasteiger partial charge in [-0.25, -0.2) is 9.97 Å². The highest BCUT2D eigenvalue weighted by atomic mass is 16.5. The Hall–Kier alpha value is -4.64. The summed E-state index contributed by atoms with van der Waals surface area (Å²) in [5.41, 5.74) is 2.64. The van der Waals surface area contributed by atoms with Crippen molar-refractivity contribution in [1.82, 2.24) is 25.2 Å². The molecule has 0 aliphatic carbocycles. The summed E-state index contributed by atoms with van der Waals surface area (Å²) in [4.78, 5) is 31.2. The standard InChI is InChI=1S/C28H31N7O4/c1-35-11-10-29-26-25-21(28(37)34-27(25)32-17-31-26)14-30-19-8-9-22(38-2)23(13-19)39-16-24(36)33-20(15-35)12-18-6-4-3-5-7-18/h3-9,13-14,17,20,37H,10-12,15-16H2,1-2H3,(H,33,36)(H2,29,31,32,34)/t20-/m1/s1. The first-order valence-electron chi connectivity index (χ1n) is 12.7. The summed E-state index contributed by atoms with van der Waals surface area (Å²) in [5.74, 6) is 1.15. The van der Waals surface area contributed by atoms with Crippen LogP contribution in [0.15, 0.2) is 59.9 Å². The van der Waals surface area contributed by atoms with E-state index in [0.717, 1.165) is 5.56 Å². The fourth-order valence-electron chi connectivity index (χ4n) is 4.60. The van der Waals surface area contributed by atoms with Gasteiger partial charge in [-0.2, -0.15) is 0 Å². The summed E-state index contributed by atoms with van der Waals surface area (Å²) in [7, 11) is 3.54. The number of nitrogens with one attached hydrogen (secondary N) is 3. The molecule has 0 saturated heterocycles. The predicted molar refractivity (Wildman–Crippen MR) is 149 cm³/mol. The number of H-pyrrole nitrogens is 1. The number of benzene rings is 2. The van der Waals surface area contributed by atoms with Gasteiger partial charge in [-0.1, -0.05) is 30.3 Å². The maximum Gasteiger partial charge on any atom is 0.258 e. The van der Waals surface area contributed by atoms with Crippen molar-refractivity contribution in [1.29, 1.82) is 0 Å². The monoisotopic (exact) mass is 529 g/mol. The van der Waals surface area contributed by atoms with Crippen LogP contribution in [0, 0.1) is 0 Å². The smallest absolute Gasteiger partial charge is 0.258 e. The van der Waals surface area contributed by atoms with Gasteiger partial charge in [0.05, 0.1) is 23.7 Å². The van der Waals surface area contributed by atoms with Crippen LogP contribution >= 0.6 is 0 Å². The van der Waals surface area contributed by atoms with Crippen molar-refractivity contribution in [3.8, 4) is 17.4 Å². The van der Waals surface area contributed by atoms with Crippen molar-refractivity contribution in [3.63, 3.8) is 0 Å². The number of amides is 1. The zero-order chi connectivity index (χ0) is 27.2. The quantitative estimate of drug-likeness (QED) is 0.318. The lowest BCUT2D eigenvalue weighted by atomic mass is 10.1. The lowest BCUT2D eigenvalue weighted by Gasteiger charge is -2.25. The molecular weight excluding hydrogens is 498 g/mol. The maximum atomic E-state index is 12.9. The van der Waals surface area contributed by atoms with Gasteiger partial charge in [0.15, 0.2) is 24.0 Å². The summed E-state index contributed by atoms with van der Waals surface area (Å²) < 4.78 is 11.3. The van der Waals surface area contributed by atoms with E-state index in [0.29, 0.717) is 65.7 Å². The fraction of sp³-hybridized carbons (Fsp3) is 0.286. The summed E-state index contributed by atoms with van der Waals surface area (Å²) in [5, 5.41) is 17.7. The van der Waals surface area contributed by atoms with Crippen molar-refractivity contribution in [2.24, 2.45) is 4.99 Å². The van der Waals surface area contributed by atoms with E-state index in [9.17, 15) is 9.90 Å². The first kappa shape index (κ1) is 26.0. The first-order valence-corrected chi connectivity index (χ1v) is 12.7. The summed E-state index contributed by atoms with van der Waals surface area (Å²) >= 11 is 0. The topological polar surface area (TPSA) is 137 Å². The predicted octanol–water partition coefficient (Wildman–Crippen LogP) is 2.89. The number of hydrogen-bond donors (Lipinski definition) is 4. The lowest BCUT2D eigenvalue weighted by molar-refractivity contribution is -0.123. The van der Waals surface area contributed by atoms with Crippen molar-refractivity contribution in [3.05, 3.63) is 66.0 Å². The Labute approximate surface area is 225 Å². The zero-order valence-corrected chi connectivity index (χ0v) is 21.8. The molecular formula is C28H31N7O4. The number of aromatic amines is 1. The van der Waals surface area contributed by atoms with Crippen molar-refractivity contribution < 1.29 is 19.4 Å². The Kier molecular flexibility index (Phi) is 7.88. The van der Waals surface area contributed by atoms with Gasteiger partial charge in [0.2, 0.25) is 0 Å². The Morgan fingerprint density at radius 1 is 1.18 bits per heavy atom. The number of aromatic nitrogens is 3. The number of aliphatic imine (C=N–C) groups is 1. The van der Waals surface area contributed by atoms with E-state index >= 15 is 0 Å². The molecule has 11 heteroatoms. The number of carbonyl (C=O) groups is 1. The third-order valence-corrected chi connectivity index (χ3v) is 6.47. The number of anilines is 1. The third-order valence-electron chi connectivity index (χ3n) is 6.47. The van der Waals surface area contributed by atoms with Crippen LogP contribution in [0.25, 0.3) is 11.0 Å². The number of rotatable bonds is 3. The molecule has 2 bridgehead atoms. The van der Waals surface area contributed by atoms with E-state index in [1.165, 1.54) is 13.4 Å². The molecule has 202 valence electrons. The molecule has 0 fully saturated rings. The molecule has 3 heterocycles. The maximum absolute atomic E-state index is 12.9. The van der Waals surface area contributed by atoms with Crippen LogP contribution < -0.4 is 20.1 Å². The summed E-state index contributed by atoms with van der Waals surface area (Å²) in [6, 6.07) is 15.1. The molecule has 11 nitrogen and oxygen atoms in total. The van der Waals surface area contributed by atoms with Crippen LogP contribution in [0.4, 0.5) is 11.5 Å². The second-order valence-electron chi connectivity index (χ2n) is 9.36. The Balaban J connectivity index is 1.48. The number of likely N-dealkylation sites (N-methyl/N-ethyl adjacent to an activating group) is 1. The normalized spacial score (nSPS) is 17.0. The molecule has 2 aromatic heterocycles. The van der Waals surface area contributed by atoms with Crippen molar-refractivity contribution in [2.45, 2.75) is 12.5 Å². The zero-order valence-electron chi connectivity index (χ0n) is 21.8. The molecule has 1 aliphatic rings. The SMILES string of the molecule is COc1ccc2cc1OCC(=O)N[C@H](Cc1ccccc1)CN(C)CCNc1ncnc3[nH]c(O)c(c13)C=N2. The van der Waals surface area contributed by atoms with Gasteiger partial charge in [0, 0.05) is 38.0 Å². The van der Waals surface area contributed by atoms with Gasteiger partial charge < -0.3 is 35.1 Å². The van der Waals surface area contributed by atoms with Gasteiger partial charge in [-0.3, -0.25) is 9.79 Å². The van der Waals surface area contributed by atoms with Crippen molar-refractivity contribution >= 4 is 34.7 Å². The minimum absolute atomic E-state index is 0.0609.